The largest absolute Gasteiger partial charge is 0.497 e. The van der Waals surface area contributed by atoms with Gasteiger partial charge in [-0.25, -0.2) is 4.79 Å². The summed E-state index contributed by atoms with van der Waals surface area (Å²) in [5.41, 5.74) is 2.16. The summed E-state index contributed by atoms with van der Waals surface area (Å²) in [4.78, 5) is 27.6. The first-order valence-electron chi connectivity index (χ1n) is 10.5. The predicted molar refractivity (Wildman–Crippen MR) is 121 cm³/mol. The van der Waals surface area contributed by atoms with Crippen molar-refractivity contribution in [1.82, 2.24) is 10.2 Å². The summed E-state index contributed by atoms with van der Waals surface area (Å²) in [6, 6.07) is 13.0. The highest BCUT2D eigenvalue weighted by Crippen LogP contribution is 2.32. The van der Waals surface area contributed by atoms with Crippen LogP contribution >= 0.6 is 0 Å². The number of likely N-dealkylation sites (tertiary alicyclic amines) is 1. The van der Waals surface area contributed by atoms with E-state index in [0.29, 0.717) is 36.8 Å². The van der Waals surface area contributed by atoms with Crippen LogP contribution in [0, 0.1) is 12.3 Å². The van der Waals surface area contributed by atoms with Crippen molar-refractivity contribution in [2.24, 2.45) is 5.41 Å². The lowest BCUT2D eigenvalue weighted by Crippen LogP contribution is -2.52. The van der Waals surface area contributed by atoms with Gasteiger partial charge in [-0.15, -0.1) is 0 Å². The monoisotopic (exact) mass is 425 g/mol. The molecule has 0 aliphatic carbocycles. The number of nitrogens with one attached hydrogen (secondary N) is 2. The Morgan fingerprint density at radius 3 is 2.61 bits per heavy atom. The Balaban J connectivity index is 1.64. The van der Waals surface area contributed by atoms with Crippen LogP contribution in [0.25, 0.3) is 0 Å². The smallest absolute Gasteiger partial charge is 0.321 e. The van der Waals surface area contributed by atoms with Gasteiger partial charge in [0.05, 0.1) is 25.3 Å². The summed E-state index contributed by atoms with van der Waals surface area (Å²) in [6.07, 6.45) is 1.50. The van der Waals surface area contributed by atoms with Gasteiger partial charge in [-0.3, -0.25) is 4.79 Å². The maximum Gasteiger partial charge on any atom is 0.321 e. The molecule has 1 fully saturated rings. The Hall–Kier alpha value is -3.22. The van der Waals surface area contributed by atoms with Crippen molar-refractivity contribution in [3.05, 3.63) is 53.6 Å². The first-order valence-corrected chi connectivity index (χ1v) is 10.5. The zero-order valence-electron chi connectivity index (χ0n) is 18.7. The zero-order valence-corrected chi connectivity index (χ0v) is 18.7. The molecule has 0 spiro atoms. The van der Waals surface area contributed by atoms with Gasteiger partial charge in [-0.2, -0.15) is 0 Å². The van der Waals surface area contributed by atoms with Crippen molar-refractivity contribution in [3.8, 4) is 11.5 Å². The second-order valence-corrected chi connectivity index (χ2v) is 8.19. The number of hydrogen-bond acceptors (Lipinski definition) is 4. The molecule has 3 amide bonds. The SMILES string of the molecule is COc1ccc(NC(=O)N2CCC[C@](C)(C(=O)NCc3ccccc3C)C2)c(OC)c1. The third-order valence-corrected chi connectivity index (χ3v) is 5.88. The molecule has 3 rings (SSSR count). The summed E-state index contributed by atoms with van der Waals surface area (Å²) in [5, 5.41) is 5.96. The van der Waals surface area contributed by atoms with Crippen LogP contribution in [0.5, 0.6) is 11.5 Å². The predicted octanol–water partition coefficient (Wildman–Crippen LogP) is 3.96. The van der Waals surface area contributed by atoms with Gasteiger partial charge in [0.2, 0.25) is 5.91 Å². The molecule has 1 heterocycles. The molecule has 1 aliphatic heterocycles. The molecule has 166 valence electrons. The lowest BCUT2D eigenvalue weighted by Gasteiger charge is -2.39. The molecule has 2 aromatic rings. The number of benzene rings is 2. The molecule has 1 atom stereocenters. The van der Waals surface area contributed by atoms with Crippen LogP contribution in [0.1, 0.15) is 30.9 Å². The zero-order chi connectivity index (χ0) is 22.4. The Bertz CT molecular complexity index is 946. The number of rotatable bonds is 6. The van der Waals surface area contributed by atoms with Crippen molar-refractivity contribution in [2.45, 2.75) is 33.2 Å². The number of aryl methyl sites for hydroxylation is 1. The van der Waals surface area contributed by atoms with Crippen molar-refractivity contribution >= 4 is 17.6 Å². The number of carbonyl (C=O) groups is 2. The molecule has 0 radical (unpaired) electrons. The Morgan fingerprint density at radius 2 is 1.90 bits per heavy atom. The standard InChI is InChI=1S/C24H31N3O4/c1-17-8-5-6-9-18(17)15-25-22(28)24(2)12-7-13-27(16-24)23(29)26-20-11-10-19(30-3)14-21(20)31-4/h5-6,8-11,14H,7,12-13,15-16H2,1-4H3,(H,25,28)(H,26,29)/t24-/m0/s1. The number of carbonyl (C=O) groups excluding carboxylic acids is 2. The Labute approximate surface area is 183 Å². The highest BCUT2D eigenvalue weighted by Gasteiger charge is 2.39. The van der Waals surface area contributed by atoms with Crippen LogP contribution < -0.4 is 20.1 Å². The normalized spacial score (nSPS) is 18.3. The van der Waals surface area contributed by atoms with E-state index in [1.54, 1.807) is 37.3 Å². The van der Waals surface area contributed by atoms with Crippen LogP contribution in [0.15, 0.2) is 42.5 Å². The molecule has 2 aromatic carbocycles. The fourth-order valence-corrected chi connectivity index (χ4v) is 3.89. The van der Waals surface area contributed by atoms with E-state index in [1.807, 2.05) is 38.1 Å². The van der Waals surface area contributed by atoms with Gasteiger partial charge < -0.3 is 25.0 Å². The van der Waals surface area contributed by atoms with E-state index in [4.69, 9.17) is 9.47 Å². The maximum absolute atomic E-state index is 13.0. The van der Waals surface area contributed by atoms with Gasteiger partial charge in [-0.05, 0) is 49.9 Å². The number of nitrogens with zero attached hydrogens (tertiary/aromatic N) is 1. The number of anilines is 1. The van der Waals surface area contributed by atoms with Crippen molar-refractivity contribution < 1.29 is 19.1 Å². The number of methoxy groups -OCH3 is 2. The number of piperidine rings is 1. The van der Waals surface area contributed by atoms with Crippen molar-refractivity contribution in [1.29, 1.82) is 0 Å². The van der Waals surface area contributed by atoms with Crippen LogP contribution in [0.4, 0.5) is 10.5 Å². The first-order chi connectivity index (χ1) is 14.9. The highest BCUT2D eigenvalue weighted by molar-refractivity contribution is 5.92. The molecule has 31 heavy (non-hydrogen) atoms. The third kappa shape index (κ3) is 5.29. The summed E-state index contributed by atoms with van der Waals surface area (Å²) in [6.45, 7) is 5.40. The van der Waals surface area contributed by atoms with Crippen molar-refractivity contribution in [3.63, 3.8) is 0 Å². The van der Waals surface area contributed by atoms with E-state index in [2.05, 4.69) is 10.6 Å². The van der Waals surface area contributed by atoms with E-state index < -0.39 is 5.41 Å². The third-order valence-electron chi connectivity index (χ3n) is 5.88. The fourth-order valence-electron chi connectivity index (χ4n) is 3.89. The van der Waals surface area contributed by atoms with Crippen molar-refractivity contribution in [2.75, 3.05) is 32.6 Å². The van der Waals surface area contributed by atoms with Gasteiger partial charge in [0.25, 0.3) is 0 Å². The van der Waals surface area contributed by atoms with Gasteiger partial charge >= 0.3 is 6.03 Å². The van der Waals surface area contributed by atoms with E-state index in [-0.39, 0.29) is 11.9 Å². The van der Waals surface area contributed by atoms with Crippen LogP contribution in [0.2, 0.25) is 0 Å². The average molecular weight is 426 g/mol. The molecular weight excluding hydrogens is 394 g/mol. The van der Waals surface area contributed by atoms with Gasteiger partial charge in [0, 0.05) is 25.7 Å². The first kappa shape index (κ1) is 22.5. The summed E-state index contributed by atoms with van der Waals surface area (Å²) in [5.74, 6) is 1.13. The number of ether oxygens (including phenoxy) is 2. The van der Waals surface area contributed by atoms with E-state index in [1.165, 1.54) is 0 Å². The minimum Gasteiger partial charge on any atom is -0.497 e. The summed E-state index contributed by atoms with van der Waals surface area (Å²) in [7, 11) is 3.12. The maximum atomic E-state index is 13.0. The number of amides is 3. The molecule has 1 aliphatic rings. The van der Waals surface area contributed by atoms with Crippen LogP contribution in [0.3, 0.4) is 0 Å². The minimum atomic E-state index is -0.637. The molecule has 0 unspecified atom stereocenters. The second-order valence-electron chi connectivity index (χ2n) is 8.19. The molecule has 2 N–H and O–H groups in total. The molecule has 0 bridgehead atoms. The Kier molecular flexibility index (Phi) is 7.05. The van der Waals surface area contributed by atoms with Crippen LogP contribution in [-0.4, -0.2) is 44.1 Å². The molecule has 7 heteroatoms. The quantitative estimate of drug-likeness (QED) is 0.734. The summed E-state index contributed by atoms with van der Waals surface area (Å²) >= 11 is 0. The van der Waals surface area contributed by atoms with Gasteiger partial charge in [0.15, 0.2) is 0 Å². The molecule has 7 nitrogen and oxygen atoms in total. The molecular formula is C24H31N3O4. The fraction of sp³-hybridized carbons (Fsp3) is 0.417. The average Bonchev–Trinajstić information content (AvgIpc) is 2.78. The topological polar surface area (TPSA) is 79.9 Å². The van der Waals surface area contributed by atoms with Gasteiger partial charge in [0.1, 0.15) is 11.5 Å². The lowest BCUT2D eigenvalue weighted by atomic mass is 9.81. The van der Waals surface area contributed by atoms with Gasteiger partial charge in [-0.1, -0.05) is 24.3 Å². The minimum absolute atomic E-state index is 0.0321. The Morgan fingerprint density at radius 1 is 1.13 bits per heavy atom. The molecule has 1 saturated heterocycles. The molecule has 0 saturated carbocycles. The van der Waals surface area contributed by atoms with Crippen LogP contribution in [-0.2, 0) is 11.3 Å². The number of hydrogen-bond donors (Lipinski definition) is 2. The van der Waals surface area contributed by atoms with E-state index >= 15 is 0 Å². The summed E-state index contributed by atoms with van der Waals surface area (Å²) < 4.78 is 10.6. The molecule has 0 aromatic heterocycles. The lowest BCUT2D eigenvalue weighted by molar-refractivity contribution is -0.132. The number of urea groups is 1. The highest BCUT2D eigenvalue weighted by atomic mass is 16.5. The van der Waals surface area contributed by atoms with E-state index in [0.717, 1.165) is 24.0 Å². The second kappa shape index (κ2) is 9.73. The van der Waals surface area contributed by atoms with E-state index in [9.17, 15) is 9.59 Å².